The fraction of sp³-hybridized carbons (Fsp3) is 0.257. The molecule has 0 amide bonds. The van der Waals surface area contributed by atoms with Gasteiger partial charge in [0.1, 0.15) is 12.0 Å². The van der Waals surface area contributed by atoms with E-state index in [0.29, 0.717) is 17.2 Å². The molecule has 0 aliphatic heterocycles. The number of nitrogens with zero attached hydrogens (tertiary/aromatic N) is 1. The standard InChI is InChI=1S/C35H34ClNO2S/c1-2-33(39)31-9-4-3-7-26(31)13-17-34(40-24-35(18-19-35)20-21-38)28-8-5-6-25(22-28)10-15-30-16-12-27-11-14-29(36)23-32(27)37-30/h2-12,14-16,21-23,34,39H,13,17-20,24H2,1H3/b15-10+,33-2-/t34-/m1/s1. The number of thioether (sulfide) groups is 1. The molecule has 1 aliphatic rings. The first kappa shape index (κ1) is 28.2. The Balaban J connectivity index is 1.37. The van der Waals surface area contributed by atoms with Crippen molar-refractivity contribution in [2.75, 3.05) is 5.75 Å². The smallest absolute Gasteiger partial charge is 0.120 e. The number of hydrogen-bond acceptors (Lipinski definition) is 4. The number of pyridine rings is 1. The molecular weight excluding hydrogens is 534 g/mol. The van der Waals surface area contributed by atoms with E-state index in [2.05, 4.69) is 42.5 Å². The Kier molecular flexibility index (Phi) is 9.08. The summed E-state index contributed by atoms with van der Waals surface area (Å²) >= 11 is 8.13. The number of hydrogen-bond donors (Lipinski definition) is 1. The fourth-order valence-electron chi connectivity index (χ4n) is 5.06. The lowest BCUT2D eigenvalue weighted by atomic mass is 9.97. The van der Waals surface area contributed by atoms with Gasteiger partial charge >= 0.3 is 0 Å². The third-order valence-electron chi connectivity index (χ3n) is 7.71. The van der Waals surface area contributed by atoms with E-state index in [4.69, 9.17) is 16.6 Å². The summed E-state index contributed by atoms with van der Waals surface area (Å²) in [7, 11) is 0. The van der Waals surface area contributed by atoms with E-state index in [1.807, 2.05) is 67.2 Å². The summed E-state index contributed by atoms with van der Waals surface area (Å²) < 4.78 is 0. The van der Waals surface area contributed by atoms with Gasteiger partial charge in [0.25, 0.3) is 0 Å². The van der Waals surface area contributed by atoms with Crippen LogP contribution < -0.4 is 0 Å². The molecular formula is C35H34ClNO2S. The first-order valence-electron chi connectivity index (χ1n) is 13.8. The number of carbonyl (C=O) groups is 1. The van der Waals surface area contributed by atoms with Crippen molar-refractivity contribution in [3.63, 3.8) is 0 Å². The molecule has 5 rings (SSSR count). The van der Waals surface area contributed by atoms with Gasteiger partial charge in [0, 0.05) is 27.6 Å². The SMILES string of the molecule is C/C=C(\O)c1ccccc1CC[C@@H](SCC1(CC=O)CC1)c1cccc(/C=C/c2ccc3ccc(Cl)cc3n2)c1. The molecule has 1 aromatic heterocycles. The van der Waals surface area contributed by atoms with E-state index in [1.54, 1.807) is 6.08 Å². The molecule has 5 heteroatoms. The highest BCUT2D eigenvalue weighted by molar-refractivity contribution is 7.99. The molecule has 3 aromatic carbocycles. The predicted molar refractivity (Wildman–Crippen MR) is 171 cm³/mol. The van der Waals surface area contributed by atoms with E-state index in [1.165, 1.54) is 5.56 Å². The van der Waals surface area contributed by atoms with Crippen molar-refractivity contribution in [3.8, 4) is 0 Å². The molecule has 1 fully saturated rings. The van der Waals surface area contributed by atoms with Gasteiger partial charge in [-0.1, -0.05) is 78.3 Å². The minimum Gasteiger partial charge on any atom is -0.508 e. The average molecular weight is 568 g/mol. The number of aldehydes is 1. The van der Waals surface area contributed by atoms with Gasteiger partial charge in [0.05, 0.1) is 11.2 Å². The predicted octanol–water partition coefficient (Wildman–Crippen LogP) is 9.75. The summed E-state index contributed by atoms with van der Waals surface area (Å²) in [5.41, 5.74) is 6.39. The van der Waals surface area contributed by atoms with Crippen molar-refractivity contribution in [3.05, 3.63) is 118 Å². The summed E-state index contributed by atoms with van der Waals surface area (Å²) in [4.78, 5) is 16.0. The number of aliphatic hydroxyl groups excluding tert-OH is 1. The number of fused-ring (bicyclic) bond motifs is 1. The molecule has 1 saturated carbocycles. The first-order chi connectivity index (χ1) is 19.5. The van der Waals surface area contributed by atoms with Gasteiger partial charge in [-0.05, 0) is 90.8 Å². The third-order valence-corrected chi connectivity index (χ3v) is 9.64. The van der Waals surface area contributed by atoms with Crippen LogP contribution in [0, 0.1) is 5.41 Å². The molecule has 0 unspecified atom stereocenters. The number of aromatic nitrogens is 1. The maximum absolute atomic E-state index is 11.3. The van der Waals surface area contributed by atoms with Crippen molar-refractivity contribution < 1.29 is 9.90 Å². The normalized spacial score (nSPS) is 15.4. The van der Waals surface area contributed by atoms with Crippen LogP contribution in [0.15, 0.2) is 84.9 Å². The largest absolute Gasteiger partial charge is 0.508 e. The Morgan fingerprint density at radius 2 is 1.88 bits per heavy atom. The molecule has 0 spiro atoms. The first-order valence-corrected chi connectivity index (χ1v) is 15.2. The van der Waals surface area contributed by atoms with E-state index in [0.717, 1.165) is 71.0 Å². The van der Waals surface area contributed by atoms with Gasteiger partial charge in [-0.15, -0.1) is 0 Å². The van der Waals surface area contributed by atoms with Gasteiger partial charge in [-0.2, -0.15) is 11.8 Å². The average Bonchev–Trinajstić information content (AvgIpc) is 3.75. The zero-order chi connectivity index (χ0) is 28.0. The summed E-state index contributed by atoms with van der Waals surface area (Å²) in [6.07, 6.45) is 11.7. The molecule has 1 N–H and O–H groups in total. The summed E-state index contributed by atoms with van der Waals surface area (Å²) in [5.74, 6) is 1.31. The van der Waals surface area contributed by atoms with Crippen molar-refractivity contribution >= 4 is 58.5 Å². The van der Waals surface area contributed by atoms with Crippen LogP contribution >= 0.6 is 23.4 Å². The van der Waals surface area contributed by atoms with Gasteiger partial charge in [0.2, 0.25) is 0 Å². The number of halogens is 1. The summed E-state index contributed by atoms with van der Waals surface area (Å²) in [5, 5.41) is 12.5. The van der Waals surface area contributed by atoms with E-state index in [9.17, 15) is 9.90 Å². The molecule has 1 aliphatic carbocycles. The highest BCUT2D eigenvalue weighted by Crippen LogP contribution is 2.53. The van der Waals surface area contributed by atoms with E-state index < -0.39 is 0 Å². The Bertz CT molecular complexity index is 1560. The quantitative estimate of drug-likeness (QED) is 0.137. The molecule has 1 heterocycles. The molecule has 40 heavy (non-hydrogen) atoms. The maximum atomic E-state index is 11.3. The molecule has 4 aromatic rings. The Hall–Kier alpha value is -3.34. The number of aliphatic hydroxyl groups is 1. The zero-order valence-corrected chi connectivity index (χ0v) is 24.3. The van der Waals surface area contributed by atoms with Gasteiger partial charge in [0.15, 0.2) is 0 Å². The Morgan fingerprint density at radius 1 is 1.05 bits per heavy atom. The van der Waals surface area contributed by atoms with Crippen LogP contribution in [0.5, 0.6) is 0 Å². The topological polar surface area (TPSA) is 50.2 Å². The highest BCUT2D eigenvalue weighted by Gasteiger charge is 2.42. The monoisotopic (exact) mass is 567 g/mol. The molecule has 3 nitrogen and oxygen atoms in total. The Labute approximate surface area is 246 Å². The lowest BCUT2D eigenvalue weighted by molar-refractivity contribution is -0.108. The molecule has 0 saturated heterocycles. The minimum absolute atomic E-state index is 0.175. The van der Waals surface area contributed by atoms with Crippen molar-refractivity contribution in [1.82, 2.24) is 4.98 Å². The number of carbonyl (C=O) groups excluding carboxylic acids is 1. The lowest BCUT2D eigenvalue weighted by Crippen LogP contribution is -2.08. The number of benzene rings is 3. The number of aryl methyl sites for hydroxylation is 1. The van der Waals surface area contributed by atoms with Crippen molar-refractivity contribution in [2.24, 2.45) is 5.41 Å². The van der Waals surface area contributed by atoms with Crippen LogP contribution in [0.1, 0.15) is 65.8 Å². The number of allylic oxidation sites excluding steroid dienone is 1. The van der Waals surface area contributed by atoms with Crippen LogP contribution in [0.3, 0.4) is 0 Å². The van der Waals surface area contributed by atoms with E-state index >= 15 is 0 Å². The molecule has 0 radical (unpaired) electrons. The van der Waals surface area contributed by atoms with Gasteiger partial charge in [-0.3, -0.25) is 0 Å². The third kappa shape index (κ3) is 7.04. The molecule has 1 atom stereocenters. The van der Waals surface area contributed by atoms with Crippen LogP contribution in [0.4, 0.5) is 0 Å². The maximum Gasteiger partial charge on any atom is 0.120 e. The number of rotatable bonds is 12. The van der Waals surface area contributed by atoms with Crippen LogP contribution in [0.2, 0.25) is 5.02 Å². The summed E-state index contributed by atoms with van der Waals surface area (Å²) in [6, 6.07) is 26.6. The minimum atomic E-state index is 0.175. The van der Waals surface area contributed by atoms with Crippen LogP contribution in [-0.2, 0) is 11.2 Å². The summed E-state index contributed by atoms with van der Waals surface area (Å²) in [6.45, 7) is 1.86. The van der Waals surface area contributed by atoms with Gasteiger partial charge < -0.3 is 9.90 Å². The van der Waals surface area contributed by atoms with Crippen molar-refractivity contribution in [2.45, 2.75) is 44.3 Å². The second-order valence-electron chi connectivity index (χ2n) is 10.6. The molecule has 0 bridgehead atoms. The fourth-order valence-corrected chi connectivity index (χ4v) is 6.81. The second kappa shape index (κ2) is 12.9. The van der Waals surface area contributed by atoms with Crippen LogP contribution in [0.25, 0.3) is 28.8 Å². The zero-order valence-electron chi connectivity index (χ0n) is 22.7. The van der Waals surface area contributed by atoms with Crippen LogP contribution in [-0.4, -0.2) is 22.1 Å². The second-order valence-corrected chi connectivity index (χ2v) is 12.2. The van der Waals surface area contributed by atoms with Gasteiger partial charge in [-0.25, -0.2) is 4.98 Å². The Morgan fingerprint density at radius 3 is 2.67 bits per heavy atom. The van der Waals surface area contributed by atoms with E-state index in [-0.39, 0.29) is 10.7 Å². The highest BCUT2D eigenvalue weighted by atomic mass is 35.5. The van der Waals surface area contributed by atoms with Crippen molar-refractivity contribution in [1.29, 1.82) is 0 Å². The lowest BCUT2D eigenvalue weighted by Gasteiger charge is -2.21. The molecule has 204 valence electrons.